The second kappa shape index (κ2) is 10.7. The van der Waals surface area contributed by atoms with Gasteiger partial charge in [-0.2, -0.15) is 13.2 Å². The van der Waals surface area contributed by atoms with Crippen molar-refractivity contribution >= 4 is 28.9 Å². The standard InChI is InChI=1S/C23H23F4N5O2S/c1-34-5-3-28-22-29-9-14(10-30-22)11-32-4-2-18-19(13-35-20(18)12-32)21(33)31-17-7-15(23(25,26)27)6-16(24)8-17/h6-10,13H,2-5,11-12H2,1H3,(H,31,33)(H,28,29,30). The molecule has 1 aliphatic rings. The molecule has 3 aromatic rings. The van der Waals surface area contributed by atoms with Crippen molar-refractivity contribution < 1.29 is 27.1 Å². The summed E-state index contributed by atoms with van der Waals surface area (Å²) in [5.41, 5.74) is 0.827. The Kier molecular flexibility index (Phi) is 7.63. The summed E-state index contributed by atoms with van der Waals surface area (Å²) in [4.78, 5) is 24.6. The smallest absolute Gasteiger partial charge is 0.383 e. The molecule has 0 unspecified atom stereocenters. The molecular formula is C23H23F4N5O2S. The number of anilines is 2. The van der Waals surface area contributed by atoms with Gasteiger partial charge >= 0.3 is 6.18 Å². The minimum absolute atomic E-state index is 0.236. The molecular weight excluding hydrogens is 486 g/mol. The molecule has 1 aromatic carbocycles. The maximum Gasteiger partial charge on any atom is 0.416 e. The summed E-state index contributed by atoms with van der Waals surface area (Å²) in [7, 11) is 1.62. The van der Waals surface area contributed by atoms with Gasteiger partial charge in [-0.25, -0.2) is 14.4 Å². The van der Waals surface area contributed by atoms with Crippen LogP contribution in [0.2, 0.25) is 0 Å². The van der Waals surface area contributed by atoms with Crippen LogP contribution in [0.15, 0.2) is 36.0 Å². The fraction of sp³-hybridized carbons (Fsp3) is 0.348. The summed E-state index contributed by atoms with van der Waals surface area (Å²) in [6.45, 7) is 3.12. The Labute approximate surface area is 203 Å². The number of methoxy groups -OCH3 is 1. The summed E-state index contributed by atoms with van der Waals surface area (Å²) in [6, 6.07) is 1.99. The van der Waals surface area contributed by atoms with Crippen molar-refractivity contribution in [3.05, 3.63) is 68.9 Å². The number of carbonyl (C=O) groups excluding carboxylic acids is 1. The van der Waals surface area contributed by atoms with E-state index in [0.29, 0.717) is 56.8 Å². The predicted octanol–water partition coefficient (Wildman–Crippen LogP) is 4.56. The molecule has 7 nitrogen and oxygen atoms in total. The summed E-state index contributed by atoms with van der Waals surface area (Å²) in [6.07, 6.45) is -0.577. The van der Waals surface area contributed by atoms with Gasteiger partial charge in [-0.1, -0.05) is 0 Å². The quantitative estimate of drug-likeness (QED) is 0.342. The number of nitrogens with zero attached hydrogens (tertiary/aromatic N) is 3. The fourth-order valence-corrected chi connectivity index (χ4v) is 4.90. The van der Waals surface area contributed by atoms with Crippen molar-refractivity contribution in [1.29, 1.82) is 0 Å². The fourth-order valence-electron chi connectivity index (χ4n) is 3.78. The molecule has 0 spiro atoms. The van der Waals surface area contributed by atoms with Gasteiger partial charge in [0.05, 0.1) is 17.7 Å². The number of thiophene rings is 1. The zero-order chi connectivity index (χ0) is 25.0. The minimum atomic E-state index is -4.71. The lowest BCUT2D eigenvalue weighted by atomic mass is 10.0. The molecule has 0 saturated heterocycles. The van der Waals surface area contributed by atoms with E-state index in [9.17, 15) is 22.4 Å². The zero-order valence-corrected chi connectivity index (χ0v) is 19.6. The number of ether oxygens (including phenoxy) is 1. The molecule has 0 radical (unpaired) electrons. The van der Waals surface area contributed by atoms with Crippen molar-refractivity contribution in [2.24, 2.45) is 0 Å². The van der Waals surface area contributed by atoms with E-state index in [4.69, 9.17) is 4.74 Å². The first-order chi connectivity index (χ1) is 16.7. The van der Waals surface area contributed by atoms with Crippen molar-refractivity contribution in [2.45, 2.75) is 25.7 Å². The maximum absolute atomic E-state index is 13.7. The van der Waals surface area contributed by atoms with E-state index in [2.05, 4.69) is 25.5 Å². The van der Waals surface area contributed by atoms with Crippen molar-refractivity contribution in [3.8, 4) is 0 Å². The molecule has 0 saturated carbocycles. The molecule has 3 heterocycles. The van der Waals surface area contributed by atoms with Crippen LogP contribution in [0.1, 0.15) is 31.9 Å². The first-order valence-electron chi connectivity index (χ1n) is 10.8. The Morgan fingerprint density at radius 1 is 1.23 bits per heavy atom. The van der Waals surface area contributed by atoms with Crippen LogP contribution in [0.4, 0.5) is 29.2 Å². The molecule has 0 atom stereocenters. The minimum Gasteiger partial charge on any atom is -0.383 e. The van der Waals surface area contributed by atoms with Gasteiger partial charge in [-0.05, 0) is 30.2 Å². The molecule has 4 rings (SSSR count). The number of alkyl halides is 3. The number of halogens is 4. The van der Waals surface area contributed by atoms with Gasteiger partial charge in [0.25, 0.3) is 5.91 Å². The van der Waals surface area contributed by atoms with Crippen LogP contribution in [0.5, 0.6) is 0 Å². The highest BCUT2D eigenvalue weighted by Crippen LogP contribution is 2.33. The van der Waals surface area contributed by atoms with Crippen LogP contribution in [-0.2, 0) is 30.4 Å². The SMILES string of the molecule is COCCNc1ncc(CN2CCc3c(C(=O)Nc4cc(F)cc(C(F)(F)F)c4)csc3C2)cn1. The topological polar surface area (TPSA) is 79.4 Å². The average Bonchev–Trinajstić information content (AvgIpc) is 3.23. The highest BCUT2D eigenvalue weighted by atomic mass is 32.1. The molecule has 0 bridgehead atoms. The van der Waals surface area contributed by atoms with E-state index in [1.807, 2.05) is 0 Å². The van der Waals surface area contributed by atoms with Gasteiger partial charge in [0.15, 0.2) is 0 Å². The van der Waals surface area contributed by atoms with E-state index in [0.717, 1.165) is 28.1 Å². The number of aromatic nitrogens is 2. The Hall–Kier alpha value is -3.09. The summed E-state index contributed by atoms with van der Waals surface area (Å²) < 4.78 is 57.5. The van der Waals surface area contributed by atoms with E-state index < -0.39 is 23.5 Å². The summed E-state index contributed by atoms with van der Waals surface area (Å²) in [5.74, 6) is -1.10. The highest BCUT2D eigenvalue weighted by Gasteiger charge is 2.32. The molecule has 1 aliphatic heterocycles. The van der Waals surface area contributed by atoms with Gasteiger partial charge < -0.3 is 15.4 Å². The van der Waals surface area contributed by atoms with E-state index in [1.165, 1.54) is 11.3 Å². The van der Waals surface area contributed by atoms with Crippen LogP contribution in [-0.4, -0.2) is 47.6 Å². The number of benzene rings is 1. The van der Waals surface area contributed by atoms with E-state index >= 15 is 0 Å². The summed E-state index contributed by atoms with van der Waals surface area (Å²) in [5, 5.41) is 7.16. The van der Waals surface area contributed by atoms with E-state index in [1.54, 1.807) is 24.9 Å². The second-order valence-electron chi connectivity index (χ2n) is 8.03. The first kappa shape index (κ1) is 25.0. The van der Waals surface area contributed by atoms with Gasteiger partial charge in [-0.15, -0.1) is 11.3 Å². The third-order valence-electron chi connectivity index (χ3n) is 5.45. The molecule has 2 N–H and O–H groups in total. The Bertz CT molecular complexity index is 1180. The summed E-state index contributed by atoms with van der Waals surface area (Å²) >= 11 is 1.42. The lowest BCUT2D eigenvalue weighted by Crippen LogP contribution is -2.30. The van der Waals surface area contributed by atoms with Crippen LogP contribution in [0.25, 0.3) is 0 Å². The largest absolute Gasteiger partial charge is 0.416 e. The van der Waals surface area contributed by atoms with Gasteiger partial charge in [0.2, 0.25) is 5.95 Å². The monoisotopic (exact) mass is 509 g/mol. The molecule has 2 aromatic heterocycles. The number of rotatable bonds is 8. The lowest BCUT2D eigenvalue weighted by Gasteiger charge is -2.27. The molecule has 35 heavy (non-hydrogen) atoms. The molecule has 1 amide bonds. The number of hydrogen-bond donors (Lipinski definition) is 2. The van der Waals surface area contributed by atoms with Gasteiger partial charge in [0.1, 0.15) is 5.82 Å². The Morgan fingerprint density at radius 2 is 2.00 bits per heavy atom. The van der Waals surface area contributed by atoms with Gasteiger partial charge in [0, 0.05) is 67.2 Å². The lowest BCUT2D eigenvalue weighted by molar-refractivity contribution is -0.137. The van der Waals surface area contributed by atoms with Crippen LogP contribution in [0.3, 0.4) is 0 Å². The van der Waals surface area contributed by atoms with Gasteiger partial charge in [-0.3, -0.25) is 9.69 Å². The number of hydrogen-bond acceptors (Lipinski definition) is 7. The first-order valence-corrected chi connectivity index (χ1v) is 11.7. The normalized spacial score (nSPS) is 14.0. The number of nitrogens with one attached hydrogen (secondary N) is 2. The zero-order valence-electron chi connectivity index (χ0n) is 18.8. The second-order valence-corrected chi connectivity index (χ2v) is 8.99. The molecule has 0 fully saturated rings. The number of fused-ring (bicyclic) bond motifs is 1. The highest BCUT2D eigenvalue weighted by molar-refractivity contribution is 7.10. The molecule has 186 valence electrons. The molecule has 0 aliphatic carbocycles. The Morgan fingerprint density at radius 3 is 2.71 bits per heavy atom. The van der Waals surface area contributed by atoms with Crippen LogP contribution in [0, 0.1) is 5.82 Å². The number of amides is 1. The van der Waals surface area contributed by atoms with Crippen LogP contribution < -0.4 is 10.6 Å². The van der Waals surface area contributed by atoms with Crippen molar-refractivity contribution in [3.63, 3.8) is 0 Å². The third-order valence-corrected chi connectivity index (χ3v) is 6.47. The molecule has 12 heteroatoms. The van der Waals surface area contributed by atoms with Crippen molar-refractivity contribution in [1.82, 2.24) is 14.9 Å². The Balaban J connectivity index is 1.38. The third kappa shape index (κ3) is 6.32. The predicted molar refractivity (Wildman–Crippen MR) is 124 cm³/mol. The maximum atomic E-state index is 13.7. The number of carbonyl (C=O) groups is 1. The van der Waals surface area contributed by atoms with Crippen molar-refractivity contribution in [2.75, 3.05) is 37.4 Å². The van der Waals surface area contributed by atoms with E-state index in [-0.39, 0.29) is 5.69 Å². The van der Waals surface area contributed by atoms with Crippen LogP contribution >= 0.6 is 11.3 Å². The average molecular weight is 510 g/mol.